The van der Waals surface area contributed by atoms with Crippen LogP contribution in [0.15, 0.2) is 77.2 Å². The van der Waals surface area contributed by atoms with Gasteiger partial charge in [-0.15, -0.1) is 0 Å². The molecule has 0 saturated carbocycles. The van der Waals surface area contributed by atoms with Gasteiger partial charge in [0.25, 0.3) is 0 Å². The molecule has 6 N–H and O–H groups in total. The number of fused-ring (bicyclic) bond motifs is 1. The van der Waals surface area contributed by atoms with Crippen LogP contribution in [0.5, 0.6) is 0 Å². The minimum Gasteiger partial charge on any atom is -0.404 e. The van der Waals surface area contributed by atoms with Gasteiger partial charge in [-0.2, -0.15) is 0 Å². The molecule has 0 spiro atoms. The third-order valence-electron chi connectivity index (χ3n) is 4.30. The molecule has 0 aliphatic carbocycles. The third kappa shape index (κ3) is 5.65. The van der Waals surface area contributed by atoms with Gasteiger partial charge in [-0.3, -0.25) is 4.98 Å². The molecule has 0 fully saturated rings. The molecule has 2 aromatic heterocycles. The molecule has 0 radical (unpaired) electrons. The van der Waals surface area contributed by atoms with Crippen LogP contribution in [-0.4, -0.2) is 9.97 Å². The normalized spacial score (nSPS) is 12.4. The zero-order valence-corrected chi connectivity index (χ0v) is 17.6. The van der Waals surface area contributed by atoms with Crippen molar-refractivity contribution in [3.63, 3.8) is 0 Å². The number of nitrogens with one attached hydrogen (secondary N) is 2. The first kappa shape index (κ1) is 20.5. The monoisotopic (exact) mass is 406 g/mol. The molecule has 0 bridgehead atoms. The van der Waals surface area contributed by atoms with E-state index in [9.17, 15) is 0 Å². The van der Waals surface area contributed by atoms with Gasteiger partial charge < -0.3 is 21.5 Å². The minimum absolute atomic E-state index is 0.286. The lowest BCUT2D eigenvalue weighted by Gasteiger charge is -2.10. The number of nitrogens with zero attached hydrogens (tertiary/aromatic N) is 2. The van der Waals surface area contributed by atoms with E-state index in [1.54, 1.807) is 12.4 Å². The van der Waals surface area contributed by atoms with Crippen molar-refractivity contribution in [1.29, 1.82) is 0 Å². The second kappa shape index (κ2) is 9.34. The number of benzene rings is 1. The number of rotatable bonds is 7. The highest BCUT2D eigenvalue weighted by molar-refractivity contribution is 8.00. The molecule has 6 nitrogen and oxygen atoms in total. The Balaban J connectivity index is 1.74. The van der Waals surface area contributed by atoms with Crippen molar-refractivity contribution in [1.82, 2.24) is 9.97 Å². The summed E-state index contributed by atoms with van der Waals surface area (Å²) in [6, 6.07) is 14.1. The molecule has 29 heavy (non-hydrogen) atoms. The van der Waals surface area contributed by atoms with Crippen LogP contribution in [0.1, 0.15) is 19.4 Å². The molecule has 3 aromatic rings. The summed E-state index contributed by atoms with van der Waals surface area (Å²) >= 11 is 1.54. The van der Waals surface area contributed by atoms with Gasteiger partial charge in [0.15, 0.2) is 0 Å². The maximum atomic E-state index is 6.10. The maximum Gasteiger partial charge on any atom is 0.132 e. The van der Waals surface area contributed by atoms with E-state index in [1.165, 1.54) is 17.5 Å². The van der Waals surface area contributed by atoms with Gasteiger partial charge in [-0.05, 0) is 73.0 Å². The zero-order chi connectivity index (χ0) is 20.8. The highest BCUT2D eigenvalue weighted by atomic mass is 32.2. The Labute approximate surface area is 175 Å². The van der Waals surface area contributed by atoms with E-state index in [4.69, 9.17) is 11.5 Å². The lowest BCUT2D eigenvalue weighted by atomic mass is 10.0. The molecule has 150 valence electrons. The van der Waals surface area contributed by atoms with Crippen LogP contribution >= 0.6 is 11.9 Å². The quantitative estimate of drug-likeness (QED) is 0.331. The van der Waals surface area contributed by atoms with Gasteiger partial charge in [0, 0.05) is 4.90 Å². The number of hydrogen-bond acceptors (Lipinski definition) is 7. The van der Waals surface area contributed by atoms with Gasteiger partial charge in [0.2, 0.25) is 0 Å². The minimum atomic E-state index is 0.286. The van der Waals surface area contributed by atoms with Crippen LogP contribution in [0.4, 0.5) is 11.5 Å². The van der Waals surface area contributed by atoms with Crippen molar-refractivity contribution in [2.75, 3.05) is 10.0 Å². The van der Waals surface area contributed by atoms with Crippen molar-refractivity contribution < 1.29 is 0 Å². The van der Waals surface area contributed by atoms with Crippen molar-refractivity contribution in [2.45, 2.75) is 25.7 Å². The van der Waals surface area contributed by atoms with Gasteiger partial charge >= 0.3 is 0 Å². The molecule has 0 unspecified atom stereocenters. The summed E-state index contributed by atoms with van der Waals surface area (Å²) in [5.74, 6) is 1.42. The molecule has 1 aromatic carbocycles. The number of pyridine rings is 2. The summed E-state index contributed by atoms with van der Waals surface area (Å²) in [6.07, 6.45) is 5.19. The average Bonchev–Trinajstić information content (AvgIpc) is 2.71. The number of nitrogens with two attached hydrogens (primary N) is 2. The van der Waals surface area contributed by atoms with Crippen LogP contribution < -0.4 is 21.5 Å². The summed E-state index contributed by atoms with van der Waals surface area (Å²) in [6.45, 7) is 6.20. The number of allylic oxidation sites excluding steroid dienone is 2. The standard InChI is InChI=1S/C22H26N6S/c1-14(2)16(12-23)10-21(24)27-22-9-8-19-20(26-22)11-17(13-25-19)28-29-18-6-4-15(3)5-7-18/h4-14,28H,23-24H2,1-3H3,(H,26,27)/b16-12+,21-10+. The Bertz CT molecular complexity index is 1040. The highest BCUT2D eigenvalue weighted by Crippen LogP contribution is 2.24. The van der Waals surface area contributed by atoms with Crippen LogP contribution in [0.2, 0.25) is 0 Å². The summed E-state index contributed by atoms with van der Waals surface area (Å²) in [5.41, 5.74) is 16.4. The summed E-state index contributed by atoms with van der Waals surface area (Å²) in [4.78, 5) is 10.2. The predicted molar refractivity (Wildman–Crippen MR) is 123 cm³/mol. The summed E-state index contributed by atoms with van der Waals surface area (Å²) in [7, 11) is 0. The van der Waals surface area contributed by atoms with Crippen molar-refractivity contribution in [3.8, 4) is 0 Å². The van der Waals surface area contributed by atoms with Crippen molar-refractivity contribution >= 4 is 34.5 Å². The average molecular weight is 407 g/mol. The van der Waals surface area contributed by atoms with Crippen LogP contribution in [-0.2, 0) is 0 Å². The second-order valence-electron chi connectivity index (χ2n) is 7.02. The van der Waals surface area contributed by atoms with Crippen molar-refractivity contribution in [3.05, 3.63) is 77.9 Å². The molecule has 7 heteroatoms. The first-order chi connectivity index (χ1) is 13.9. The number of anilines is 2. The van der Waals surface area contributed by atoms with Crippen LogP contribution in [0.25, 0.3) is 11.0 Å². The van der Waals surface area contributed by atoms with Crippen molar-refractivity contribution in [2.24, 2.45) is 17.4 Å². The van der Waals surface area contributed by atoms with Gasteiger partial charge in [-0.25, -0.2) is 4.98 Å². The van der Waals surface area contributed by atoms with E-state index >= 15 is 0 Å². The summed E-state index contributed by atoms with van der Waals surface area (Å²) in [5, 5.41) is 3.11. The maximum absolute atomic E-state index is 6.10. The fourth-order valence-electron chi connectivity index (χ4n) is 2.63. The Morgan fingerprint density at radius 2 is 1.86 bits per heavy atom. The Hall–Kier alpha value is -3.19. The molecule has 0 aliphatic heterocycles. The van der Waals surface area contributed by atoms with Crippen LogP contribution in [0.3, 0.4) is 0 Å². The largest absolute Gasteiger partial charge is 0.404 e. The van der Waals surface area contributed by atoms with E-state index in [-0.39, 0.29) is 5.92 Å². The first-order valence-electron chi connectivity index (χ1n) is 9.37. The molecule has 3 rings (SSSR count). The lowest BCUT2D eigenvalue weighted by molar-refractivity contribution is 0.786. The smallest absolute Gasteiger partial charge is 0.132 e. The van der Waals surface area contributed by atoms with Crippen LogP contribution in [0, 0.1) is 12.8 Å². The Morgan fingerprint density at radius 1 is 1.10 bits per heavy atom. The van der Waals surface area contributed by atoms with E-state index in [1.807, 2.05) is 24.3 Å². The second-order valence-corrected chi connectivity index (χ2v) is 7.90. The topological polar surface area (TPSA) is 102 Å². The predicted octanol–water partition coefficient (Wildman–Crippen LogP) is 4.77. The Morgan fingerprint density at radius 3 is 2.55 bits per heavy atom. The number of aromatic nitrogens is 2. The number of hydrogen-bond donors (Lipinski definition) is 4. The molecular formula is C22H26N6S. The van der Waals surface area contributed by atoms with E-state index in [0.29, 0.717) is 11.6 Å². The number of aryl methyl sites for hydroxylation is 1. The molecule has 0 amide bonds. The fraction of sp³-hybridized carbons (Fsp3) is 0.182. The first-order valence-corrected chi connectivity index (χ1v) is 10.2. The molecule has 0 aliphatic rings. The highest BCUT2D eigenvalue weighted by Gasteiger charge is 2.05. The third-order valence-corrected chi connectivity index (χ3v) is 5.14. The summed E-state index contributed by atoms with van der Waals surface area (Å²) < 4.78 is 3.32. The van der Waals surface area contributed by atoms with Gasteiger partial charge in [0.05, 0.1) is 22.9 Å². The lowest BCUT2D eigenvalue weighted by Crippen LogP contribution is -2.11. The molecule has 0 saturated heterocycles. The molecule has 0 atom stereocenters. The van der Waals surface area contributed by atoms with Gasteiger partial charge in [-0.1, -0.05) is 31.5 Å². The van der Waals surface area contributed by atoms with Gasteiger partial charge in [0.1, 0.15) is 11.6 Å². The van der Waals surface area contributed by atoms with E-state index in [2.05, 4.69) is 65.0 Å². The van der Waals surface area contributed by atoms with E-state index < -0.39 is 0 Å². The zero-order valence-electron chi connectivity index (χ0n) is 16.8. The van der Waals surface area contributed by atoms with E-state index in [0.717, 1.165) is 27.2 Å². The SMILES string of the molecule is Cc1ccc(SNc2cnc3ccc(N/C(N)=C/C(=C\N)C(C)C)nc3c2)cc1. The fourth-order valence-corrected chi connectivity index (χ4v) is 3.25. The molecule has 2 heterocycles. The molecular weight excluding hydrogens is 380 g/mol. The Kier molecular flexibility index (Phi) is 6.61.